The van der Waals surface area contributed by atoms with Crippen molar-refractivity contribution < 1.29 is 24.2 Å². The zero-order valence-corrected chi connectivity index (χ0v) is 18.9. The molecular formula is C24H24BrNO5. The fourth-order valence-electron chi connectivity index (χ4n) is 4.01. The van der Waals surface area contributed by atoms with Crippen molar-refractivity contribution in [3.05, 3.63) is 63.3 Å². The monoisotopic (exact) mass is 485 g/mol. The van der Waals surface area contributed by atoms with E-state index in [1.54, 1.807) is 18.2 Å². The number of ketones is 1. The Morgan fingerprint density at radius 2 is 2.06 bits per heavy atom. The van der Waals surface area contributed by atoms with Crippen LogP contribution in [0.2, 0.25) is 0 Å². The molecule has 7 heteroatoms. The fourth-order valence-corrected chi connectivity index (χ4v) is 4.42. The number of nitrogens with zero attached hydrogens (tertiary/aromatic N) is 1. The van der Waals surface area contributed by atoms with Gasteiger partial charge in [0.2, 0.25) is 5.78 Å². The van der Waals surface area contributed by atoms with E-state index in [-0.39, 0.29) is 29.2 Å². The molecule has 0 atom stereocenters. The number of benzene rings is 2. The Labute approximate surface area is 189 Å². The number of phenolic OH excluding ortho intramolecular Hbond substituents is 1. The lowest BCUT2D eigenvalue weighted by Crippen LogP contribution is -2.36. The van der Waals surface area contributed by atoms with Crippen molar-refractivity contribution >= 4 is 33.8 Å². The van der Waals surface area contributed by atoms with Gasteiger partial charge in [0.25, 0.3) is 0 Å². The van der Waals surface area contributed by atoms with Crippen molar-refractivity contribution in [3.63, 3.8) is 0 Å². The molecule has 0 spiro atoms. The Bertz CT molecular complexity index is 1040. The highest BCUT2D eigenvalue weighted by atomic mass is 79.9. The second-order valence-electron chi connectivity index (χ2n) is 7.74. The quantitative estimate of drug-likeness (QED) is 0.494. The Hall–Kier alpha value is -2.64. The molecule has 31 heavy (non-hydrogen) atoms. The number of carbonyl (C=O) groups is 2. The third-order valence-electron chi connectivity index (χ3n) is 5.65. The molecule has 2 aromatic rings. The average Bonchev–Trinajstić information content (AvgIpc) is 3.06. The van der Waals surface area contributed by atoms with E-state index in [1.165, 1.54) is 0 Å². The second kappa shape index (κ2) is 9.24. The van der Waals surface area contributed by atoms with Gasteiger partial charge < -0.3 is 14.6 Å². The summed E-state index contributed by atoms with van der Waals surface area (Å²) in [6.45, 7) is 4.07. The average molecular weight is 486 g/mol. The molecule has 0 amide bonds. The first-order valence-electron chi connectivity index (χ1n) is 10.4. The van der Waals surface area contributed by atoms with Crippen molar-refractivity contribution in [2.24, 2.45) is 5.92 Å². The van der Waals surface area contributed by atoms with Gasteiger partial charge in [-0.1, -0.05) is 28.1 Å². The summed E-state index contributed by atoms with van der Waals surface area (Å²) in [5.74, 6) is 0.338. The van der Waals surface area contributed by atoms with E-state index >= 15 is 0 Å². The molecule has 0 bridgehead atoms. The Kier molecular flexibility index (Phi) is 6.43. The molecule has 6 nitrogen and oxygen atoms in total. The number of esters is 1. The summed E-state index contributed by atoms with van der Waals surface area (Å²) in [7, 11) is 0. The number of phenols is 1. The minimum atomic E-state index is -0.197. The van der Waals surface area contributed by atoms with E-state index < -0.39 is 0 Å². The maximum Gasteiger partial charge on any atom is 0.309 e. The minimum Gasteiger partial charge on any atom is -0.507 e. The van der Waals surface area contributed by atoms with Gasteiger partial charge in [0.05, 0.1) is 23.7 Å². The summed E-state index contributed by atoms with van der Waals surface area (Å²) in [4.78, 5) is 27.0. The summed E-state index contributed by atoms with van der Waals surface area (Å²) in [6, 6.07) is 10.7. The smallest absolute Gasteiger partial charge is 0.309 e. The van der Waals surface area contributed by atoms with Gasteiger partial charge in [-0.25, -0.2) is 0 Å². The number of piperidine rings is 1. The number of rotatable bonds is 5. The summed E-state index contributed by atoms with van der Waals surface area (Å²) in [5, 5.41) is 10.5. The van der Waals surface area contributed by atoms with Crippen LogP contribution in [0.25, 0.3) is 6.08 Å². The summed E-state index contributed by atoms with van der Waals surface area (Å²) < 4.78 is 12.0. The van der Waals surface area contributed by atoms with Gasteiger partial charge in [0.15, 0.2) is 5.76 Å². The molecule has 2 aliphatic heterocycles. The number of ether oxygens (including phenoxy) is 2. The number of hydrogen-bond acceptors (Lipinski definition) is 6. The first-order valence-corrected chi connectivity index (χ1v) is 11.2. The molecule has 162 valence electrons. The highest BCUT2D eigenvalue weighted by Gasteiger charge is 2.33. The van der Waals surface area contributed by atoms with E-state index in [1.807, 2.05) is 31.2 Å². The SMILES string of the molecule is CCOC(=O)C1CCN(Cc2c(O)ccc3c2O/C(=C/c2cccc(Br)c2)C3=O)CC1. The maximum atomic E-state index is 12.9. The normalized spacial score (nSPS) is 18.1. The van der Waals surface area contributed by atoms with Crippen molar-refractivity contribution in [2.45, 2.75) is 26.3 Å². The Balaban J connectivity index is 1.51. The third kappa shape index (κ3) is 4.67. The van der Waals surface area contributed by atoms with E-state index in [9.17, 15) is 14.7 Å². The van der Waals surface area contributed by atoms with Crippen LogP contribution < -0.4 is 4.74 Å². The van der Waals surface area contributed by atoms with E-state index in [2.05, 4.69) is 20.8 Å². The number of likely N-dealkylation sites (tertiary alicyclic amines) is 1. The lowest BCUT2D eigenvalue weighted by atomic mass is 9.96. The first-order chi connectivity index (χ1) is 15.0. The first kappa shape index (κ1) is 21.6. The van der Waals surface area contributed by atoms with Gasteiger partial charge in [-0.3, -0.25) is 14.5 Å². The maximum absolute atomic E-state index is 12.9. The molecular weight excluding hydrogens is 462 g/mol. The zero-order chi connectivity index (χ0) is 22.0. The van der Waals surface area contributed by atoms with Gasteiger partial charge in [-0.2, -0.15) is 0 Å². The fraction of sp³-hybridized carbons (Fsp3) is 0.333. The van der Waals surface area contributed by atoms with Crippen molar-refractivity contribution in [1.29, 1.82) is 0 Å². The van der Waals surface area contributed by atoms with Crippen LogP contribution in [0, 0.1) is 5.92 Å². The molecule has 1 fully saturated rings. The van der Waals surface area contributed by atoms with Crippen LogP contribution in [-0.2, 0) is 16.1 Å². The predicted octanol–water partition coefficient (Wildman–Crippen LogP) is 4.55. The van der Waals surface area contributed by atoms with Crippen LogP contribution in [0.15, 0.2) is 46.6 Å². The molecule has 0 unspecified atom stereocenters. The molecule has 1 saturated heterocycles. The standard InChI is InChI=1S/C24H24BrNO5/c1-2-30-24(29)16-8-10-26(11-9-16)14-19-20(27)7-6-18-22(28)21(31-23(18)19)13-15-4-3-5-17(25)12-15/h3-7,12-13,16,27H,2,8-11,14H2,1H3/b21-13+. The zero-order valence-electron chi connectivity index (χ0n) is 17.3. The van der Waals surface area contributed by atoms with Gasteiger partial charge in [-0.15, -0.1) is 0 Å². The van der Waals surface area contributed by atoms with Crippen molar-refractivity contribution in [3.8, 4) is 11.5 Å². The lowest BCUT2D eigenvalue weighted by Gasteiger charge is -2.31. The molecule has 1 N–H and O–H groups in total. The Morgan fingerprint density at radius 3 is 2.77 bits per heavy atom. The summed E-state index contributed by atoms with van der Waals surface area (Å²) in [5.41, 5.74) is 1.89. The number of aromatic hydroxyl groups is 1. The summed E-state index contributed by atoms with van der Waals surface area (Å²) >= 11 is 3.43. The number of carbonyl (C=O) groups excluding carboxylic acids is 2. The van der Waals surface area contributed by atoms with Crippen LogP contribution >= 0.6 is 15.9 Å². The lowest BCUT2D eigenvalue weighted by molar-refractivity contribution is -0.149. The third-order valence-corrected chi connectivity index (χ3v) is 6.15. The highest BCUT2D eigenvalue weighted by Crippen LogP contribution is 2.40. The molecule has 0 aliphatic carbocycles. The predicted molar refractivity (Wildman–Crippen MR) is 120 cm³/mol. The van der Waals surface area contributed by atoms with Crippen LogP contribution in [0.3, 0.4) is 0 Å². The molecule has 4 rings (SSSR count). The van der Waals surface area contributed by atoms with Crippen LogP contribution in [0.4, 0.5) is 0 Å². The van der Waals surface area contributed by atoms with Crippen molar-refractivity contribution in [2.75, 3.05) is 19.7 Å². The number of hydrogen-bond donors (Lipinski definition) is 1. The van der Waals surface area contributed by atoms with Gasteiger partial charge in [-0.05, 0) is 68.8 Å². The molecule has 2 heterocycles. The molecule has 0 aromatic heterocycles. The highest BCUT2D eigenvalue weighted by molar-refractivity contribution is 9.10. The number of Topliss-reactive ketones (excluding diaryl/α,β-unsaturated/α-hetero) is 1. The molecule has 2 aliphatic rings. The van der Waals surface area contributed by atoms with Gasteiger partial charge in [0, 0.05) is 11.0 Å². The largest absolute Gasteiger partial charge is 0.507 e. The second-order valence-corrected chi connectivity index (χ2v) is 8.65. The van der Waals surface area contributed by atoms with Gasteiger partial charge >= 0.3 is 5.97 Å². The molecule has 0 saturated carbocycles. The summed E-state index contributed by atoms with van der Waals surface area (Å²) in [6.07, 6.45) is 3.13. The molecule has 0 radical (unpaired) electrons. The van der Waals surface area contributed by atoms with E-state index in [0.717, 1.165) is 10.0 Å². The van der Waals surface area contributed by atoms with Crippen LogP contribution in [-0.4, -0.2) is 41.5 Å². The van der Waals surface area contributed by atoms with Crippen LogP contribution in [0.1, 0.15) is 41.3 Å². The van der Waals surface area contributed by atoms with E-state index in [0.29, 0.717) is 56.0 Å². The Morgan fingerprint density at radius 1 is 1.29 bits per heavy atom. The molecule has 2 aromatic carbocycles. The topological polar surface area (TPSA) is 76.1 Å². The van der Waals surface area contributed by atoms with E-state index in [4.69, 9.17) is 9.47 Å². The van der Waals surface area contributed by atoms with Crippen LogP contribution in [0.5, 0.6) is 11.5 Å². The number of fused-ring (bicyclic) bond motifs is 1. The number of allylic oxidation sites excluding steroid dienone is 1. The number of halogens is 1. The van der Waals surface area contributed by atoms with Gasteiger partial charge in [0.1, 0.15) is 11.5 Å². The minimum absolute atomic E-state index is 0.0798. The van der Waals surface area contributed by atoms with Crippen molar-refractivity contribution in [1.82, 2.24) is 4.90 Å².